The molecule has 0 saturated heterocycles. The molecule has 14 nitrogen and oxygen atoms in total. The van der Waals surface area contributed by atoms with Crippen LogP contribution in [0, 0.1) is 0 Å². The van der Waals surface area contributed by atoms with Gasteiger partial charge in [-0.1, -0.05) is 308 Å². The maximum atomic E-state index is 7.89. The maximum absolute atomic E-state index is 7.89. The highest BCUT2D eigenvalue weighted by atomic mass is 28.5. The minimum atomic E-state index is -3.11. The lowest BCUT2D eigenvalue weighted by molar-refractivity contribution is -0.295. The van der Waals surface area contributed by atoms with E-state index in [1.54, 1.807) is 64.0 Å². The number of hydrogen-bond donors (Lipinski definition) is 0. The van der Waals surface area contributed by atoms with Crippen molar-refractivity contribution in [2.75, 3.05) is 77.2 Å². The molecule has 0 aliphatic rings. The van der Waals surface area contributed by atoms with Crippen LogP contribution in [0.25, 0.3) is 0 Å². The monoisotopic (exact) mass is 1590 g/mol. The van der Waals surface area contributed by atoms with Crippen molar-refractivity contribution in [2.45, 2.75) is 428 Å². The van der Waals surface area contributed by atoms with Crippen LogP contribution < -0.4 is 0 Å². The van der Waals surface area contributed by atoms with E-state index in [4.69, 9.17) is 62.0 Å². The van der Waals surface area contributed by atoms with Gasteiger partial charge in [-0.3, -0.25) is 0 Å². The quantitative estimate of drug-likeness (QED) is 0.0248. The summed E-state index contributed by atoms with van der Waals surface area (Å²) in [6, 6.07) is 13.1. The third-order valence-electron chi connectivity index (χ3n) is 21.9. The number of rotatable bonds is 80. The first kappa shape index (κ1) is 102. The van der Waals surface area contributed by atoms with Gasteiger partial charge in [0.2, 0.25) is 0 Å². The van der Waals surface area contributed by atoms with Crippen molar-refractivity contribution in [3.05, 3.63) is 0 Å². The Bertz CT molecular complexity index is 1670. The van der Waals surface area contributed by atoms with E-state index in [2.05, 4.69) is 72.4 Å². The molecule has 0 aliphatic carbocycles. The highest BCUT2D eigenvalue weighted by Gasteiger charge is 2.52. The van der Waals surface area contributed by atoms with Crippen LogP contribution in [0.4, 0.5) is 0 Å². The summed E-state index contributed by atoms with van der Waals surface area (Å²) < 4.78 is 75.0. The van der Waals surface area contributed by atoms with Gasteiger partial charge in [-0.05, 0) is 95.9 Å². The lowest BCUT2D eigenvalue weighted by Crippen LogP contribution is -2.61. The van der Waals surface area contributed by atoms with Gasteiger partial charge in [0.05, 0.1) is 13.2 Å². The summed E-state index contributed by atoms with van der Waals surface area (Å²) >= 11 is 0. The molecule has 101 heavy (non-hydrogen) atoms. The maximum Gasteiger partial charge on any atom is 0.500 e. The Labute approximate surface area is 639 Å². The molecule has 0 aromatic carbocycles. The van der Waals surface area contributed by atoms with Crippen molar-refractivity contribution in [3.8, 4) is 0 Å². The van der Waals surface area contributed by atoms with E-state index in [9.17, 15) is 0 Å². The van der Waals surface area contributed by atoms with Gasteiger partial charge in [0.15, 0.2) is 25.0 Å². The molecule has 0 aromatic rings. The Morgan fingerprint density at radius 1 is 0.168 bits per heavy atom. The molecule has 0 bridgehead atoms. The van der Waals surface area contributed by atoms with E-state index in [1.807, 2.05) is 0 Å². The topological polar surface area (TPSA) is 129 Å². The average molecular weight is 1590 g/mol. The van der Waals surface area contributed by atoms with Crippen LogP contribution in [0.5, 0.6) is 0 Å². The molecule has 0 fully saturated rings. The van der Waals surface area contributed by atoms with Crippen molar-refractivity contribution in [3.63, 3.8) is 0 Å². The first-order chi connectivity index (χ1) is 48.3. The molecule has 0 aromatic heterocycles. The Morgan fingerprint density at radius 3 is 0.525 bits per heavy atom. The Kier molecular flexibility index (Phi) is 63.8. The minimum absolute atomic E-state index is 0.755. The summed E-state index contributed by atoms with van der Waals surface area (Å²) in [6.45, 7) is 29.4. The van der Waals surface area contributed by atoms with E-state index in [-0.39, 0.29) is 0 Å². The van der Waals surface area contributed by atoms with Crippen LogP contribution in [0.15, 0.2) is 0 Å². The zero-order valence-corrected chi connectivity index (χ0v) is 80.2. The molecule has 0 N–H and O–H groups in total. The van der Waals surface area contributed by atoms with Crippen molar-refractivity contribution in [1.29, 1.82) is 0 Å². The summed E-state index contributed by atoms with van der Waals surface area (Å²) in [5.41, 5.74) is 0. The van der Waals surface area contributed by atoms with Crippen LogP contribution in [0.3, 0.4) is 0 Å². The van der Waals surface area contributed by atoms with Gasteiger partial charge in [0.25, 0.3) is 0 Å². The van der Waals surface area contributed by atoms with E-state index >= 15 is 0 Å². The summed E-state index contributed by atoms with van der Waals surface area (Å²) in [7, 11) is -3.99. The molecular weight excluding hydrogens is 1410 g/mol. The molecule has 0 radical (unpaired) electrons. The summed E-state index contributed by atoms with van der Waals surface area (Å²) in [4.78, 5) is 10.8. The van der Waals surface area contributed by atoms with Crippen molar-refractivity contribution in [1.82, 2.24) is 0 Å². The fraction of sp³-hybridized carbons (Fsp3) is 1.00. The number of unbranched alkanes of at least 4 members (excludes halogenated alkanes) is 38. The second kappa shape index (κ2) is 63.0. The first-order valence-electron chi connectivity index (χ1n) is 42.6. The van der Waals surface area contributed by atoms with Gasteiger partial charge in [0, 0.05) is 104 Å². The van der Waals surface area contributed by atoms with Crippen molar-refractivity contribution < 1.29 is 62.0 Å². The first-order valence-corrected chi connectivity index (χ1v) is 66.5. The highest BCUT2D eigenvalue weighted by molar-refractivity contribution is 6.90. The van der Waals surface area contributed by atoms with Crippen LogP contribution in [-0.4, -0.2) is 154 Å². The minimum Gasteiger partial charge on any atom is -0.417 e. The van der Waals surface area contributed by atoms with Crippen molar-refractivity contribution >= 4 is 76.3 Å². The lowest BCUT2D eigenvalue weighted by Gasteiger charge is -2.45. The zero-order valence-electron chi connectivity index (χ0n) is 71.2. The van der Waals surface area contributed by atoms with Gasteiger partial charge in [0.1, 0.15) is 0 Å². The molecule has 0 atom stereocenters. The Morgan fingerprint density at radius 2 is 0.327 bits per heavy atom. The SMILES string of the molecule is CCCCCCCCOOCCCCCCCCCCC[Si](C)(C)CCCCCCCC[Si](C)(C)CCCCCCCC[Si](O[Si](C)(C)CCCCCCCC[Si](OC)(OC)OC)(O[Si](C)(C)CCCCCCCC[Si](OC)(OC)OC)O[Si](C)(C)CCCCCCCC[Si](OC)(OC)OC. The predicted octanol–water partition coefficient (Wildman–Crippen LogP) is 26.2. The van der Waals surface area contributed by atoms with Gasteiger partial charge in [-0.2, -0.15) is 0 Å². The van der Waals surface area contributed by atoms with Crippen LogP contribution >= 0.6 is 0 Å². The zero-order chi connectivity index (χ0) is 75.4. The molecule has 0 saturated carbocycles. The molecule has 0 spiro atoms. The van der Waals surface area contributed by atoms with E-state index in [0.29, 0.717) is 0 Å². The summed E-state index contributed by atoms with van der Waals surface area (Å²) in [5, 5.41) is 0. The smallest absolute Gasteiger partial charge is 0.417 e. The van der Waals surface area contributed by atoms with E-state index in [1.165, 1.54) is 275 Å². The standard InChI is InChI=1S/C78H176O14Si9/c1-21-22-23-24-40-53-66-88-89-67-54-41-28-26-25-27-29-42-55-68-93(11,12)69-56-43-30-31-44-57-70-94(13,14)71-58-45-32-36-52-65-78-101(90-95(15,16)72-59-46-33-37-49-62-75-98(79-2,80-3)81-4,91-96(17,18)73-60-47-34-38-50-63-76-99(82-5,83-6)84-7)92-97(19,20)74-61-48-35-39-51-64-77-100(85-8,86-9)87-10/h21-78H2,1-20H3. The highest BCUT2D eigenvalue weighted by Crippen LogP contribution is 2.37. The second-order valence-corrected chi connectivity index (χ2v) is 70.2. The molecule has 0 unspecified atom stereocenters. The Hall–Kier alpha value is 1.39. The van der Waals surface area contributed by atoms with Gasteiger partial charge < -0.3 is 52.2 Å². The number of hydrogen-bond acceptors (Lipinski definition) is 14. The third-order valence-corrected chi connectivity index (χ3v) is 53.2. The van der Waals surface area contributed by atoms with Gasteiger partial charge in [-0.25, -0.2) is 9.78 Å². The van der Waals surface area contributed by atoms with Crippen LogP contribution in [-0.2, 0) is 62.0 Å². The molecule has 0 amide bonds. The third kappa shape index (κ3) is 56.3. The van der Waals surface area contributed by atoms with Crippen LogP contribution in [0.2, 0.25) is 132 Å². The summed E-state index contributed by atoms with van der Waals surface area (Å²) in [5.74, 6) is 0. The predicted molar refractivity (Wildman–Crippen MR) is 455 cm³/mol. The van der Waals surface area contributed by atoms with Gasteiger partial charge in [-0.15, -0.1) is 0 Å². The van der Waals surface area contributed by atoms with Crippen molar-refractivity contribution in [2.24, 2.45) is 0 Å². The molecule has 608 valence electrons. The molecular formula is C78H176O14Si9. The molecule has 23 heteroatoms. The normalized spacial score (nSPS) is 13.4. The lowest BCUT2D eigenvalue weighted by atomic mass is 10.1. The van der Waals surface area contributed by atoms with Crippen LogP contribution in [0.1, 0.15) is 296 Å². The fourth-order valence-corrected chi connectivity index (χ4v) is 43.9. The molecule has 0 rings (SSSR count). The average Bonchev–Trinajstić information content (AvgIpc) is 0.792. The summed E-state index contributed by atoms with van der Waals surface area (Å²) in [6.07, 6.45) is 58.0. The fourth-order valence-electron chi connectivity index (χ4n) is 15.0. The van der Waals surface area contributed by atoms with Gasteiger partial charge >= 0.3 is 35.2 Å². The van der Waals surface area contributed by atoms with E-state index in [0.717, 1.165) is 94.0 Å². The molecule has 0 heterocycles. The Balaban J connectivity index is 5.49. The van der Waals surface area contributed by atoms with E-state index < -0.39 is 76.3 Å². The largest absolute Gasteiger partial charge is 0.500 e. The second-order valence-electron chi connectivity index (χ2n) is 33.9. The molecule has 0 aliphatic heterocycles.